The van der Waals surface area contributed by atoms with E-state index in [1.807, 2.05) is 30.3 Å². The fourth-order valence-corrected chi connectivity index (χ4v) is 3.69. The Morgan fingerprint density at radius 3 is 2.72 bits per heavy atom. The highest BCUT2D eigenvalue weighted by Crippen LogP contribution is 2.19. The molecule has 150 valence electrons. The number of ether oxygens (including phenoxy) is 2. The van der Waals surface area contributed by atoms with Crippen molar-refractivity contribution < 1.29 is 14.3 Å². The second-order valence-corrected chi connectivity index (χ2v) is 7.26. The average molecular weight is 392 g/mol. The van der Waals surface area contributed by atoms with Crippen LogP contribution >= 0.6 is 0 Å². The Morgan fingerprint density at radius 1 is 1.21 bits per heavy atom. The van der Waals surface area contributed by atoms with E-state index in [2.05, 4.69) is 4.98 Å². The number of amides is 1. The van der Waals surface area contributed by atoms with Crippen LogP contribution in [-0.2, 0) is 11.3 Å². The number of pyridine rings is 1. The third-order valence-corrected chi connectivity index (χ3v) is 5.26. The molecule has 0 spiro atoms. The van der Waals surface area contributed by atoms with Crippen LogP contribution < -0.4 is 10.3 Å². The quantitative estimate of drug-likeness (QED) is 0.698. The zero-order valence-electron chi connectivity index (χ0n) is 16.4. The number of methoxy groups -OCH3 is 1. The summed E-state index contributed by atoms with van der Waals surface area (Å²) in [5.74, 6) is 0.564. The van der Waals surface area contributed by atoms with Gasteiger partial charge in [0.1, 0.15) is 5.75 Å². The molecule has 1 N–H and O–H groups in total. The Kier molecular flexibility index (Phi) is 5.62. The van der Waals surface area contributed by atoms with Crippen LogP contribution in [0.25, 0.3) is 10.9 Å². The summed E-state index contributed by atoms with van der Waals surface area (Å²) in [6.45, 7) is 1.40. The van der Waals surface area contributed by atoms with Crippen molar-refractivity contribution >= 4 is 16.8 Å². The molecule has 1 aromatic heterocycles. The molecule has 1 amide bonds. The number of nitrogens with zero attached hydrogens (tertiary/aromatic N) is 1. The lowest BCUT2D eigenvalue weighted by Gasteiger charge is -2.25. The van der Waals surface area contributed by atoms with Gasteiger partial charge in [-0.05, 0) is 54.6 Å². The van der Waals surface area contributed by atoms with E-state index in [1.165, 1.54) is 0 Å². The monoisotopic (exact) mass is 392 g/mol. The largest absolute Gasteiger partial charge is 0.497 e. The van der Waals surface area contributed by atoms with E-state index in [0.29, 0.717) is 30.0 Å². The van der Waals surface area contributed by atoms with Gasteiger partial charge in [0.25, 0.3) is 11.5 Å². The normalized spacial score (nSPS) is 16.1. The number of nitrogens with one attached hydrogen (secondary N) is 1. The molecule has 1 aliphatic heterocycles. The number of hydrogen-bond donors (Lipinski definition) is 1. The molecule has 0 bridgehead atoms. The highest BCUT2D eigenvalue weighted by Gasteiger charge is 2.24. The summed E-state index contributed by atoms with van der Waals surface area (Å²) in [4.78, 5) is 30.5. The number of rotatable bonds is 6. The maximum absolute atomic E-state index is 13.2. The van der Waals surface area contributed by atoms with Gasteiger partial charge in [-0.3, -0.25) is 9.59 Å². The maximum atomic E-state index is 13.2. The standard InChI is InChI=1S/C23H24N2O4/c1-28-19-10-8-16(9-11-19)23(27)25(15-20-6-4-12-29-20)14-18-13-17-5-2-3-7-21(17)24-22(18)26/h2-3,5,7-11,13,20H,4,6,12,14-15H2,1H3,(H,24,26)/t20-/m1/s1. The zero-order valence-corrected chi connectivity index (χ0v) is 16.4. The van der Waals surface area contributed by atoms with Crippen molar-refractivity contribution in [1.82, 2.24) is 9.88 Å². The zero-order chi connectivity index (χ0) is 20.2. The molecule has 0 saturated carbocycles. The lowest BCUT2D eigenvalue weighted by atomic mass is 10.1. The molecule has 1 fully saturated rings. The van der Waals surface area contributed by atoms with Gasteiger partial charge in [0.2, 0.25) is 0 Å². The van der Waals surface area contributed by atoms with Gasteiger partial charge in [-0.1, -0.05) is 18.2 Å². The van der Waals surface area contributed by atoms with Crippen molar-refractivity contribution in [2.75, 3.05) is 20.3 Å². The first kappa shape index (κ1) is 19.2. The number of fused-ring (bicyclic) bond motifs is 1. The number of aromatic amines is 1. The lowest BCUT2D eigenvalue weighted by Crippen LogP contribution is -2.38. The third kappa shape index (κ3) is 4.32. The molecule has 1 atom stereocenters. The minimum absolute atomic E-state index is 0.00302. The first-order valence-corrected chi connectivity index (χ1v) is 9.80. The van der Waals surface area contributed by atoms with E-state index < -0.39 is 0 Å². The lowest BCUT2D eigenvalue weighted by molar-refractivity contribution is 0.0506. The Balaban J connectivity index is 1.63. The SMILES string of the molecule is COc1ccc(C(=O)N(Cc2cc3ccccc3[nH]c2=O)C[C@H]2CCCO2)cc1. The molecule has 1 saturated heterocycles. The molecular weight excluding hydrogens is 368 g/mol. The van der Waals surface area contributed by atoms with E-state index in [0.717, 1.165) is 23.7 Å². The van der Waals surface area contributed by atoms with Crippen LogP contribution in [0.5, 0.6) is 5.75 Å². The first-order chi connectivity index (χ1) is 14.1. The van der Waals surface area contributed by atoms with E-state index in [-0.39, 0.29) is 24.1 Å². The fourth-order valence-electron chi connectivity index (χ4n) is 3.69. The van der Waals surface area contributed by atoms with Crippen LogP contribution in [0.3, 0.4) is 0 Å². The Labute approximate surface area is 169 Å². The Bertz CT molecular complexity index is 1050. The second-order valence-electron chi connectivity index (χ2n) is 7.26. The van der Waals surface area contributed by atoms with Crippen LogP contribution in [0.15, 0.2) is 59.4 Å². The number of H-pyrrole nitrogens is 1. The molecule has 0 aliphatic carbocycles. The smallest absolute Gasteiger partial charge is 0.254 e. The van der Waals surface area contributed by atoms with Gasteiger partial charge >= 0.3 is 0 Å². The molecule has 3 aromatic rings. The fraction of sp³-hybridized carbons (Fsp3) is 0.304. The van der Waals surface area contributed by atoms with Crippen LogP contribution in [0.1, 0.15) is 28.8 Å². The molecule has 0 unspecified atom stereocenters. The van der Waals surface area contributed by atoms with Crippen molar-refractivity contribution in [3.8, 4) is 5.75 Å². The van der Waals surface area contributed by atoms with Gasteiger partial charge in [0.15, 0.2) is 0 Å². The molecule has 6 nitrogen and oxygen atoms in total. The maximum Gasteiger partial charge on any atom is 0.254 e. The van der Waals surface area contributed by atoms with Crippen LogP contribution in [0.4, 0.5) is 0 Å². The molecule has 4 rings (SSSR count). The predicted octanol–water partition coefficient (Wildman–Crippen LogP) is 3.36. The Morgan fingerprint density at radius 2 is 2.00 bits per heavy atom. The van der Waals surface area contributed by atoms with Gasteiger partial charge in [-0.25, -0.2) is 0 Å². The summed E-state index contributed by atoms with van der Waals surface area (Å²) in [7, 11) is 1.59. The summed E-state index contributed by atoms with van der Waals surface area (Å²) in [6, 6.07) is 16.5. The van der Waals surface area contributed by atoms with Gasteiger partial charge in [-0.2, -0.15) is 0 Å². The molecule has 2 aromatic carbocycles. The highest BCUT2D eigenvalue weighted by atomic mass is 16.5. The number of carbonyl (C=O) groups is 1. The summed E-state index contributed by atoms with van der Waals surface area (Å²) >= 11 is 0. The van der Waals surface area contributed by atoms with Gasteiger partial charge in [0, 0.05) is 29.8 Å². The van der Waals surface area contributed by atoms with Gasteiger partial charge < -0.3 is 19.4 Å². The summed E-state index contributed by atoms with van der Waals surface area (Å²) < 4.78 is 10.9. The van der Waals surface area contributed by atoms with E-state index in [1.54, 1.807) is 36.3 Å². The van der Waals surface area contributed by atoms with E-state index in [9.17, 15) is 9.59 Å². The molecule has 6 heteroatoms. The molecule has 29 heavy (non-hydrogen) atoms. The number of carbonyl (C=O) groups excluding carboxylic acids is 1. The van der Waals surface area contributed by atoms with Crippen molar-refractivity contribution in [3.63, 3.8) is 0 Å². The number of hydrogen-bond acceptors (Lipinski definition) is 4. The summed E-state index contributed by atoms with van der Waals surface area (Å²) in [6.07, 6.45) is 1.91. The minimum atomic E-state index is -0.177. The summed E-state index contributed by atoms with van der Waals surface area (Å²) in [5.41, 5.74) is 1.72. The predicted molar refractivity (Wildman–Crippen MR) is 111 cm³/mol. The van der Waals surface area contributed by atoms with E-state index in [4.69, 9.17) is 9.47 Å². The van der Waals surface area contributed by atoms with Crippen molar-refractivity contribution in [1.29, 1.82) is 0 Å². The number of benzene rings is 2. The van der Waals surface area contributed by atoms with E-state index >= 15 is 0 Å². The molecule has 1 aliphatic rings. The van der Waals surface area contributed by atoms with Gasteiger partial charge in [-0.15, -0.1) is 0 Å². The van der Waals surface area contributed by atoms with Crippen molar-refractivity contribution in [2.24, 2.45) is 0 Å². The van der Waals surface area contributed by atoms with Crippen LogP contribution in [0, 0.1) is 0 Å². The number of para-hydroxylation sites is 1. The van der Waals surface area contributed by atoms with Crippen molar-refractivity contribution in [3.05, 3.63) is 76.1 Å². The second kappa shape index (κ2) is 8.49. The van der Waals surface area contributed by atoms with Crippen molar-refractivity contribution in [2.45, 2.75) is 25.5 Å². The third-order valence-electron chi connectivity index (χ3n) is 5.26. The average Bonchev–Trinajstić information content (AvgIpc) is 3.26. The molecular formula is C23H24N2O4. The first-order valence-electron chi connectivity index (χ1n) is 9.80. The van der Waals surface area contributed by atoms with Crippen LogP contribution in [0.2, 0.25) is 0 Å². The minimum Gasteiger partial charge on any atom is -0.497 e. The topological polar surface area (TPSA) is 71.6 Å². The highest BCUT2D eigenvalue weighted by molar-refractivity contribution is 5.94. The molecule has 0 radical (unpaired) electrons. The molecule has 2 heterocycles. The Hall–Kier alpha value is -3.12. The van der Waals surface area contributed by atoms with Crippen LogP contribution in [-0.4, -0.2) is 42.2 Å². The number of aromatic nitrogens is 1. The summed E-state index contributed by atoms with van der Waals surface area (Å²) in [5, 5.41) is 0.941. The van der Waals surface area contributed by atoms with Gasteiger partial charge in [0.05, 0.1) is 19.8 Å².